The van der Waals surface area contributed by atoms with E-state index in [-0.39, 0.29) is 15.7 Å². The van der Waals surface area contributed by atoms with Crippen LogP contribution in [0.25, 0.3) is 0 Å². The molecule has 0 radical (unpaired) electrons. The van der Waals surface area contributed by atoms with Crippen LogP contribution in [-0.2, 0) is 6.42 Å². The Balaban J connectivity index is 2.53. The van der Waals surface area contributed by atoms with E-state index in [0.717, 1.165) is 5.56 Å². The van der Waals surface area contributed by atoms with Gasteiger partial charge >= 0.3 is 0 Å². The van der Waals surface area contributed by atoms with Crippen LogP contribution in [0.15, 0.2) is 30.3 Å². The van der Waals surface area contributed by atoms with E-state index in [1.54, 1.807) is 0 Å². The van der Waals surface area contributed by atoms with Gasteiger partial charge < -0.3 is 0 Å². The number of nitrogens with zero attached hydrogens (tertiary/aromatic N) is 4. The Kier molecular flexibility index (Phi) is 3.96. The van der Waals surface area contributed by atoms with Crippen LogP contribution in [0.5, 0.6) is 0 Å². The minimum Gasteiger partial charge on any atom is -0.271 e. The smallest absolute Gasteiger partial charge is 0.177 e. The molecule has 0 saturated carbocycles. The largest absolute Gasteiger partial charge is 0.271 e. The molecule has 0 amide bonds. The number of benzene rings is 1. The summed E-state index contributed by atoms with van der Waals surface area (Å²) in [5.41, 5.74) is 1.23. The van der Waals surface area contributed by atoms with Gasteiger partial charge in [0, 0.05) is 6.42 Å². The normalized spacial score (nSPS) is 9.63. The standard InChI is InChI=1S/C13H8N4S2/c14-7-10-11(8-15)17(13(18)19)12(16-10)6-9-4-2-1-3-5-9/h1-5H,6H2,(H,18,19). The number of hydrogen-bond acceptors (Lipinski definition) is 4. The van der Waals surface area contributed by atoms with Crippen LogP contribution in [0.3, 0.4) is 0 Å². The monoisotopic (exact) mass is 284 g/mol. The zero-order valence-corrected chi connectivity index (χ0v) is 11.4. The summed E-state index contributed by atoms with van der Waals surface area (Å²) in [5.74, 6) is 0.541. The second kappa shape index (κ2) is 5.66. The van der Waals surface area contributed by atoms with Crippen molar-refractivity contribution in [1.29, 1.82) is 10.5 Å². The SMILES string of the molecule is N#Cc1nc(Cc2ccccc2)n(C(=S)S)c1C#N. The van der Waals surface area contributed by atoms with Gasteiger partial charge in [0.2, 0.25) is 0 Å². The molecule has 0 N–H and O–H groups in total. The highest BCUT2D eigenvalue weighted by atomic mass is 32.1. The maximum atomic E-state index is 9.10. The average Bonchev–Trinajstić information content (AvgIpc) is 2.77. The van der Waals surface area contributed by atoms with Crippen molar-refractivity contribution in [2.24, 2.45) is 0 Å². The summed E-state index contributed by atoms with van der Waals surface area (Å²) in [5, 5.41) is 18.1. The molecule has 0 unspecified atom stereocenters. The molecule has 0 aliphatic carbocycles. The lowest BCUT2D eigenvalue weighted by Gasteiger charge is -2.05. The Hall–Kier alpha value is -2.15. The third-order valence-electron chi connectivity index (χ3n) is 2.56. The van der Waals surface area contributed by atoms with Gasteiger partial charge in [0.1, 0.15) is 22.3 Å². The van der Waals surface area contributed by atoms with E-state index in [4.69, 9.17) is 22.7 Å². The second-order valence-corrected chi connectivity index (χ2v) is 4.84. The summed E-state index contributed by atoms with van der Waals surface area (Å²) in [6.07, 6.45) is 0.484. The molecule has 2 rings (SSSR count). The first kappa shape index (κ1) is 13.3. The van der Waals surface area contributed by atoms with Crippen LogP contribution in [0.4, 0.5) is 0 Å². The lowest BCUT2D eigenvalue weighted by Crippen LogP contribution is -2.10. The van der Waals surface area contributed by atoms with Crippen LogP contribution in [0.2, 0.25) is 0 Å². The van der Waals surface area contributed by atoms with Crippen LogP contribution >= 0.6 is 24.8 Å². The van der Waals surface area contributed by atoms with Gasteiger partial charge in [-0.3, -0.25) is 4.57 Å². The predicted octanol–water partition coefficient (Wildman–Crippen LogP) is 2.28. The van der Waals surface area contributed by atoms with Gasteiger partial charge in [0.15, 0.2) is 11.4 Å². The summed E-state index contributed by atoms with van der Waals surface area (Å²) in [6.45, 7) is 0. The molecule has 1 aromatic carbocycles. The lowest BCUT2D eigenvalue weighted by molar-refractivity contribution is 0.960. The number of nitriles is 2. The third-order valence-corrected chi connectivity index (χ3v) is 2.94. The zero-order chi connectivity index (χ0) is 13.8. The van der Waals surface area contributed by atoms with Crippen molar-refractivity contribution < 1.29 is 0 Å². The summed E-state index contributed by atoms with van der Waals surface area (Å²) in [6, 6.07) is 13.5. The Labute approximate surface area is 121 Å². The van der Waals surface area contributed by atoms with E-state index in [1.807, 2.05) is 42.5 Å². The Morgan fingerprint density at radius 3 is 2.47 bits per heavy atom. The van der Waals surface area contributed by atoms with Gasteiger partial charge in [-0.25, -0.2) is 4.98 Å². The van der Waals surface area contributed by atoms with E-state index in [9.17, 15) is 0 Å². The van der Waals surface area contributed by atoms with Gasteiger partial charge in [-0.1, -0.05) is 42.5 Å². The fraction of sp³-hybridized carbons (Fsp3) is 0.0769. The molecule has 0 atom stereocenters. The van der Waals surface area contributed by atoms with Crippen molar-refractivity contribution in [2.45, 2.75) is 6.42 Å². The molecule has 2 aromatic rings. The fourth-order valence-corrected chi connectivity index (χ4v) is 2.16. The summed E-state index contributed by atoms with van der Waals surface area (Å²) >= 11 is 9.10. The molecular formula is C13H8N4S2. The van der Waals surface area contributed by atoms with Crippen molar-refractivity contribution in [3.05, 3.63) is 53.1 Å². The molecule has 0 spiro atoms. The summed E-state index contributed by atoms with van der Waals surface area (Å²) in [4.78, 5) is 4.16. The van der Waals surface area contributed by atoms with Gasteiger partial charge in [0.25, 0.3) is 0 Å². The molecule has 0 aliphatic heterocycles. The number of thiocarbonyl (C=S) groups is 1. The van der Waals surface area contributed by atoms with E-state index >= 15 is 0 Å². The highest BCUT2D eigenvalue weighted by molar-refractivity contribution is 8.11. The molecule has 1 heterocycles. The topological polar surface area (TPSA) is 65.4 Å². The minimum atomic E-state index is 0.0739. The molecule has 0 fully saturated rings. The van der Waals surface area contributed by atoms with Gasteiger partial charge in [0.05, 0.1) is 0 Å². The third kappa shape index (κ3) is 2.65. The van der Waals surface area contributed by atoms with E-state index in [2.05, 4.69) is 17.6 Å². The van der Waals surface area contributed by atoms with Crippen molar-refractivity contribution in [1.82, 2.24) is 9.55 Å². The summed E-state index contributed by atoms with van der Waals surface area (Å²) < 4.78 is 1.64. The van der Waals surface area contributed by atoms with Crippen molar-refractivity contribution in [2.75, 3.05) is 0 Å². The zero-order valence-electron chi connectivity index (χ0n) is 9.74. The molecule has 0 bridgehead atoms. The maximum Gasteiger partial charge on any atom is 0.177 e. The quantitative estimate of drug-likeness (QED) is 0.678. The van der Waals surface area contributed by atoms with Crippen LogP contribution in [0, 0.1) is 22.7 Å². The first-order chi connectivity index (χ1) is 9.17. The number of rotatable bonds is 2. The number of thiol groups is 1. The number of aromatic nitrogens is 2. The molecule has 4 nitrogen and oxygen atoms in total. The molecule has 19 heavy (non-hydrogen) atoms. The lowest BCUT2D eigenvalue weighted by atomic mass is 10.1. The molecule has 6 heteroatoms. The average molecular weight is 284 g/mol. The maximum absolute atomic E-state index is 9.10. The Bertz CT molecular complexity index is 705. The first-order valence-electron chi connectivity index (χ1n) is 5.36. The van der Waals surface area contributed by atoms with E-state index in [1.165, 1.54) is 4.57 Å². The Morgan fingerprint density at radius 2 is 1.95 bits per heavy atom. The summed E-state index contributed by atoms with van der Waals surface area (Å²) in [7, 11) is 0. The van der Waals surface area contributed by atoms with E-state index in [0.29, 0.717) is 12.2 Å². The first-order valence-corrected chi connectivity index (χ1v) is 6.22. The fourth-order valence-electron chi connectivity index (χ4n) is 1.75. The Morgan fingerprint density at radius 1 is 1.26 bits per heavy atom. The molecule has 1 aromatic heterocycles. The second-order valence-electron chi connectivity index (χ2n) is 3.73. The number of hydrogen-bond donors (Lipinski definition) is 1. The van der Waals surface area contributed by atoms with Crippen LogP contribution < -0.4 is 0 Å². The van der Waals surface area contributed by atoms with Gasteiger partial charge in [-0.05, 0) is 5.56 Å². The van der Waals surface area contributed by atoms with Crippen molar-refractivity contribution >= 4 is 29.2 Å². The van der Waals surface area contributed by atoms with Crippen LogP contribution in [0.1, 0.15) is 22.8 Å². The van der Waals surface area contributed by atoms with Crippen molar-refractivity contribution in [3.8, 4) is 12.1 Å². The highest BCUT2D eigenvalue weighted by Gasteiger charge is 2.18. The number of imidazole rings is 1. The molecule has 0 saturated heterocycles. The molecule has 92 valence electrons. The van der Waals surface area contributed by atoms with Gasteiger partial charge in [-0.2, -0.15) is 10.5 Å². The molecular weight excluding hydrogens is 276 g/mol. The molecule has 0 aliphatic rings. The van der Waals surface area contributed by atoms with Crippen LogP contribution in [-0.4, -0.2) is 13.9 Å². The predicted molar refractivity (Wildman–Crippen MR) is 77.9 cm³/mol. The van der Waals surface area contributed by atoms with Crippen molar-refractivity contribution in [3.63, 3.8) is 0 Å². The minimum absolute atomic E-state index is 0.0739. The highest BCUT2D eigenvalue weighted by Crippen LogP contribution is 2.16. The van der Waals surface area contributed by atoms with Gasteiger partial charge in [-0.15, -0.1) is 12.6 Å². The van der Waals surface area contributed by atoms with E-state index < -0.39 is 0 Å².